The smallest absolute Gasteiger partial charge is 0.156 e. The molecule has 1 aliphatic heterocycles. The van der Waals surface area contributed by atoms with Gasteiger partial charge in [-0.3, -0.25) is 0 Å². The van der Waals surface area contributed by atoms with Crippen LogP contribution >= 0.6 is 23.4 Å². The Labute approximate surface area is 61.7 Å². The van der Waals surface area contributed by atoms with Gasteiger partial charge in [0.05, 0.1) is 0 Å². The first-order chi connectivity index (χ1) is 4.24. The molecule has 0 aromatic carbocycles. The second kappa shape index (κ2) is 2.58. The number of aldehydes is 1. The summed E-state index contributed by atoms with van der Waals surface area (Å²) in [6.07, 6.45) is 0.756. The molecule has 0 saturated carbocycles. The number of hydrogen-bond acceptors (Lipinski definition) is 4. The first-order valence-corrected chi connectivity index (χ1v) is 3.65. The molecule has 2 atom stereocenters. The number of carbonyl (C=O) groups excluding carboxylic acids is 1. The zero-order chi connectivity index (χ0) is 6.85. The van der Waals surface area contributed by atoms with Crippen LogP contribution in [0.15, 0.2) is 4.99 Å². The molecule has 0 aromatic heterocycles. The third-order valence-corrected chi connectivity index (χ3v) is 2.42. The molecule has 5 heteroatoms. The highest BCUT2D eigenvalue weighted by Crippen LogP contribution is 2.25. The van der Waals surface area contributed by atoms with Crippen molar-refractivity contribution in [3.63, 3.8) is 0 Å². The van der Waals surface area contributed by atoms with Gasteiger partial charge in [-0.2, -0.15) is 0 Å². The minimum atomic E-state index is -0.465. The molecule has 0 fully saturated rings. The predicted molar refractivity (Wildman–Crippen MR) is 38.7 cm³/mol. The van der Waals surface area contributed by atoms with Crippen LogP contribution in [0.1, 0.15) is 0 Å². The Hall–Kier alpha value is -0.220. The van der Waals surface area contributed by atoms with Gasteiger partial charge in [-0.05, 0) is 0 Å². The van der Waals surface area contributed by atoms with Crippen LogP contribution in [0, 0.1) is 0 Å². The molecule has 0 saturated heterocycles. The maximum absolute atomic E-state index is 10.1. The summed E-state index contributed by atoms with van der Waals surface area (Å²) in [6.45, 7) is 0. The average molecular weight is 165 g/mol. The summed E-state index contributed by atoms with van der Waals surface area (Å²) in [5.41, 5.74) is 4.80. The van der Waals surface area contributed by atoms with Gasteiger partial charge < -0.3 is 10.5 Å². The molecule has 2 N–H and O–H groups in total. The molecular weight excluding hydrogens is 160 g/mol. The predicted octanol–water partition coefficient (Wildman–Crippen LogP) is 0.180. The number of rotatable bonds is 1. The van der Waals surface area contributed by atoms with E-state index in [1.807, 2.05) is 0 Å². The molecule has 1 rings (SSSR count). The number of nitrogens with two attached hydrogens (primary N) is 1. The van der Waals surface area contributed by atoms with Gasteiger partial charge in [0.2, 0.25) is 0 Å². The van der Waals surface area contributed by atoms with Gasteiger partial charge in [0.1, 0.15) is 17.0 Å². The van der Waals surface area contributed by atoms with Crippen molar-refractivity contribution in [1.82, 2.24) is 0 Å². The van der Waals surface area contributed by atoms with Gasteiger partial charge in [-0.25, -0.2) is 4.99 Å². The standard InChI is InChI=1S/C4H5ClN2OS/c5-3-2(1-8)9-4(6)7-3/h1-3H,(H2,6,7). The fourth-order valence-corrected chi connectivity index (χ4v) is 1.57. The van der Waals surface area contributed by atoms with Crippen molar-refractivity contribution in [3.05, 3.63) is 0 Å². The largest absolute Gasteiger partial charge is 0.378 e. The SMILES string of the molecule is NC1=NC(Cl)C(C=O)S1. The van der Waals surface area contributed by atoms with Crippen LogP contribution in [0.5, 0.6) is 0 Å². The van der Waals surface area contributed by atoms with Crippen molar-refractivity contribution in [1.29, 1.82) is 0 Å². The zero-order valence-corrected chi connectivity index (χ0v) is 6.02. The highest BCUT2D eigenvalue weighted by atomic mass is 35.5. The van der Waals surface area contributed by atoms with Crippen LogP contribution in [-0.2, 0) is 4.79 Å². The molecule has 9 heavy (non-hydrogen) atoms. The number of carbonyl (C=O) groups is 1. The molecule has 2 unspecified atom stereocenters. The Morgan fingerprint density at radius 3 is 2.78 bits per heavy atom. The van der Waals surface area contributed by atoms with E-state index < -0.39 is 5.50 Å². The second-order valence-corrected chi connectivity index (χ2v) is 3.20. The maximum atomic E-state index is 10.1. The third-order valence-electron chi connectivity index (χ3n) is 0.913. The lowest BCUT2D eigenvalue weighted by Gasteiger charge is -1.98. The summed E-state index contributed by atoms with van der Waals surface area (Å²) in [5.74, 6) is 0. The highest BCUT2D eigenvalue weighted by Gasteiger charge is 2.26. The normalized spacial score (nSPS) is 34.1. The summed E-state index contributed by atoms with van der Waals surface area (Å²) < 4.78 is 0. The van der Waals surface area contributed by atoms with E-state index in [4.69, 9.17) is 17.3 Å². The van der Waals surface area contributed by atoms with E-state index in [1.165, 1.54) is 11.8 Å². The highest BCUT2D eigenvalue weighted by molar-refractivity contribution is 8.15. The van der Waals surface area contributed by atoms with Gasteiger partial charge in [-0.1, -0.05) is 23.4 Å². The topological polar surface area (TPSA) is 55.4 Å². The molecule has 0 aliphatic carbocycles. The van der Waals surface area contributed by atoms with Gasteiger partial charge in [0.15, 0.2) is 5.17 Å². The van der Waals surface area contributed by atoms with Crippen molar-refractivity contribution in [2.75, 3.05) is 0 Å². The van der Waals surface area contributed by atoms with E-state index in [-0.39, 0.29) is 5.25 Å². The Morgan fingerprint density at radius 1 is 1.89 bits per heavy atom. The van der Waals surface area contributed by atoms with Gasteiger partial charge >= 0.3 is 0 Å². The van der Waals surface area contributed by atoms with Crippen LogP contribution < -0.4 is 5.73 Å². The molecule has 0 spiro atoms. The first kappa shape index (κ1) is 6.89. The van der Waals surface area contributed by atoms with Crippen LogP contribution in [-0.4, -0.2) is 22.2 Å². The molecule has 1 heterocycles. The van der Waals surface area contributed by atoms with Crippen molar-refractivity contribution in [3.8, 4) is 0 Å². The molecule has 0 amide bonds. The zero-order valence-electron chi connectivity index (χ0n) is 4.45. The second-order valence-electron chi connectivity index (χ2n) is 1.56. The lowest BCUT2D eigenvalue weighted by molar-refractivity contribution is -0.107. The maximum Gasteiger partial charge on any atom is 0.156 e. The van der Waals surface area contributed by atoms with E-state index in [9.17, 15) is 4.79 Å². The van der Waals surface area contributed by atoms with Crippen LogP contribution in [0.3, 0.4) is 0 Å². The minimum Gasteiger partial charge on any atom is -0.378 e. The number of halogens is 1. The van der Waals surface area contributed by atoms with E-state index in [0.717, 1.165) is 6.29 Å². The molecule has 0 aromatic rings. The Bertz CT molecular complexity index is 161. The number of nitrogens with zero attached hydrogens (tertiary/aromatic N) is 1. The van der Waals surface area contributed by atoms with Gasteiger partial charge in [-0.15, -0.1) is 0 Å². The fraction of sp³-hybridized carbons (Fsp3) is 0.500. The van der Waals surface area contributed by atoms with Crippen LogP contribution in [0.2, 0.25) is 0 Å². The first-order valence-electron chi connectivity index (χ1n) is 2.33. The third kappa shape index (κ3) is 1.37. The Kier molecular flexibility index (Phi) is 1.97. The minimum absolute atomic E-state index is 0.285. The van der Waals surface area contributed by atoms with E-state index in [2.05, 4.69) is 4.99 Å². The molecule has 50 valence electrons. The lowest BCUT2D eigenvalue weighted by atomic mass is 10.5. The Morgan fingerprint density at radius 2 is 2.56 bits per heavy atom. The van der Waals surface area contributed by atoms with Crippen molar-refractivity contribution >= 4 is 34.8 Å². The number of aliphatic imine (C=N–C) groups is 1. The monoisotopic (exact) mass is 164 g/mol. The summed E-state index contributed by atoms with van der Waals surface area (Å²) in [6, 6.07) is 0. The van der Waals surface area contributed by atoms with E-state index in [1.54, 1.807) is 0 Å². The molecule has 0 radical (unpaired) electrons. The fourth-order valence-electron chi connectivity index (χ4n) is 0.514. The number of alkyl halides is 1. The summed E-state index contributed by atoms with van der Waals surface area (Å²) in [7, 11) is 0. The lowest BCUT2D eigenvalue weighted by Crippen LogP contribution is -2.12. The molecule has 1 aliphatic rings. The van der Waals surface area contributed by atoms with Crippen molar-refractivity contribution in [2.45, 2.75) is 10.8 Å². The number of amidine groups is 1. The number of thioether (sulfide) groups is 1. The van der Waals surface area contributed by atoms with Crippen molar-refractivity contribution < 1.29 is 4.79 Å². The van der Waals surface area contributed by atoms with Gasteiger partial charge in [0.25, 0.3) is 0 Å². The van der Waals surface area contributed by atoms with Crippen LogP contribution in [0.4, 0.5) is 0 Å². The summed E-state index contributed by atoms with van der Waals surface area (Å²) in [5, 5.41) is 0.110. The molecular formula is C4H5ClN2OS. The quantitative estimate of drug-likeness (QED) is 0.342. The van der Waals surface area contributed by atoms with E-state index in [0.29, 0.717) is 5.17 Å². The Balaban J connectivity index is 2.59. The molecule has 0 bridgehead atoms. The van der Waals surface area contributed by atoms with E-state index >= 15 is 0 Å². The molecule has 3 nitrogen and oxygen atoms in total. The number of hydrogen-bond donors (Lipinski definition) is 1. The van der Waals surface area contributed by atoms with Crippen LogP contribution in [0.25, 0.3) is 0 Å². The summed E-state index contributed by atoms with van der Waals surface area (Å²) in [4.78, 5) is 13.9. The van der Waals surface area contributed by atoms with Gasteiger partial charge in [0, 0.05) is 0 Å². The average Bonchev–Trinajstić information content (AvgIpc) is 2.10. The van der Waals surface area contributed by atoms with Crippen molar-refractivity contribution in [2.24, 2.45) is 10.7 Å². The summed E-state index contributed by atoms with van der Waals surface area (Å²) >= 11 is 6.76.